The Bertz CT molecular complexity index is 887. The number of rotatable bonds is 6. The molecule has 2 aromatic rings. The molecule has 1 N–H and O–H groups in total. The topological polar surface area (TPSA) is 73.2 Å². The number of nitrogens with zero attached hydrogens (tertiary/aromatic N) is 2. The Labute approximate surface area is 164 Å². The molecule has 0 aliphatic heterocycles. The number of alkyl halides is 3. The first-order chi connectivity index (χ1) is 13.0. The summed E-state index contributed by atoms with van der Waals surface area (Å²) in [4.78, 5) is 25.6. The summed E-state index contributed by atoms with van der Waals surface area (Å²) in [7, 11) is 0. The van der Waals surface area contributed by atoms with Gasteiger partial charge in [0.2, 0.25) is 5.91 Å². The van der Waals surface area contributed by atoms with E-state index in [1.54, 1.807) is 20.8 Å². The Kier molecular flexibility index (Phi) is 6.53. The van der Waals surface area contributed by atoms with E-state index in [4.69, 9.17) is 4.74 Å². The van der Waals surface area contributed by atoms with Gasteiger partial charge in [0, 0.05) is 10.6 Å². The number of halogens is 3. The average Bonchev–Trinajstić information content (AvgIpc) is 3.08. The van der Waals surface area contributed by atoms with Crippen LogP contribution < -0.4 is 5.32 Å². The lowest BCUT2D eigenvalue weighted by atomic mass is 10.1. The molecule has 0 saturated heterocycles. The van der Waals surface area contributed by atoms with Gasteiger partial charge in [-0.2, -0.15) is 18.3 Å². The maximum atomic E-state index is 12.8. The SMILES string of the molecule is CCOC(=O)c1c(NC(=O)C(C)Cn2nc(C(F)(F)F)cc2C)sc(C)c1C. The van der Waals surface area contributed by atoms with Crippen molar-refractivity contribution in [3.8, 4) is 0 Å². The van der Waals surface area contributed by atoms with E-state index >= 15 is 0 Å². The van der Waals surface area contributed by atoms with Crippen LogP contribution in [-0.2, 0) is 22.3 Å². The van der Waals surface area contributed by atoms with Crippen LogP contribution in [0, 0.1) is 26.7 Å². The molecule has 0 aromatic carbocycles. The van der Waals surface area contributed by atoms with Crippen molar-refractivity contribution in [2.75, 3.05) is 11.9 Å². The van der Waals surface area contributed by atoms with Crippen molar-refractivity contribution in [1.82, 2.24) is 9.78 Å². The zero-order valence-electron chi connectivity index (χ0n) is 16.2. The second kappa shape index (κ2) is 8.34. The fourth-order valence-electron chi connectivity index (χ4n) is 2.57. The van der Waals surface area contributed by atoms with E-state index in [9.17, 15) is 22.8 Å². The third-order valence-electron chi connectivity index (χ3n) is 4.27. The zero-order valence-corrected chi connectivity index (χ0v) is 17.0. The van der Waals surface area contributed by atoms with Crippen molar-refractivity contribution >= 4 is 28.2 Å². The maximum Gasteiger partial charge on any atom is 0.435 e. The molecular weight excluding hydrogens is 395 g/mol. The van der Waals surface area contributed by atoms with Crippen LogP contribution in [0.3, 0.4) is 0 Å². The summed E-state index contributed by atoms with van der Waals surface area (Å²) in [6, 6.07) is 0.940. The van der Waals surface area contributed by atoms with E-state index in [0.717, 1.165) is 21.2 Å². The van der Waals surface area contributed by atoms with E-state index in [1.807, 2.05) is 6.92 Å². The fourth-order valence-corrected chi connectivity index (χ4v) is 3.63. The molecule has 0 aliphatic rings. The van der Waals surface area contributed by atoms with Gasteiger partial charge in [0.15, 0.2) is 5.69 Å². The Balaban J connectivity index is 2.17. The van der Waals surface area contributed by atoms with Crippen LogP contribution in [0.1, 0.15) is 46.0 Å². The number of anilines is 1. The predicted octanol–water partition coefficient (Wildman–Crippen LogP) is 4.34. The van der Waals surface area contributed by atoms with E-state index < -0.39 is 29.7 Å². The predicted molar refractivity (Wildman–Crippen MR) is 99.5 cm³/mol. The van der Waals surface area contributed by atoms with Gasteiger partial charge in [-0.15, -0.1) is 11.3 Å². The van der Waals surface area contributed by atoms with Gasteiger partial charge in [-0.3, -0.25) is 9.48 Å². The highest BCUT2D eigenvalue weighted by Crippen LogP contribution is 2.33. The van der Waals surface area contributed by atoms with Crippen LogP contribution in [0.5, 0.6) is 0 Å². The van der Waals surface area contributed by atoms with E-state index in [1.165, 1.54) is 18.3 Å². The second-order valence-electron chi connectivity index (χ2n) is 6.45. The van der Waals surface area contributed by atoms with Crippen LogP contribution in [0.25, 0.3) is 0 Å². The summed E-state index contributed by atoms with van der Waals surface area (Å²) in [5.41, 5.74) is 0.345. The lowest BCUT2D eigenvalue weighted by Gasteiger charge is -2.14. The van der Waals surface area contributed by atoms with Crippen molar-refractivity contribution in [2.24, 2.45) is 5.92 Å². The highest BCUT2D eigenvalue weighted by atomic mass is 32.1. The number of aryl methyl sites for hydroxylation is 2. The van der Waals surface area contributed by atoms with Gasteiger partial charge < -0.3 is 10.1 Å². The molecule has 0 radical (unpaired) electrons. The lowest BCUT2D eigenvalue weighted by Crippen LogP contribution is -2.26. The monoisotopic (exact) mass is 417 g/mol. The van der Waals surface area contributed by atoms with Gasteiger partial charge in [0.1, 0.15) is 5.00 Å². The van der Waals surface area contributed by atoms with Crippen LogP contribution in [0.4, 0.5) is 18.2 Å². The highest BCUT2D eigenvalue weighted by Gasteiger charge is 2.34. The third kappa shape index (κ3) is 4.73. The van der Waals surface area contributed by atoms with E-state index in [-0.39, 0.29) is 13.2 Å². The molecule has 1 atom stereocenters. The van der Waals surface area contributed by atoms with Crippen LogP contribution in [-0.4, -0.2) is 28.3 Å². The molecule has 2 aromatic heterocycles. The molecular formula is C18H22F3N3O3S. The second-order valence-corrected chi connectivity index (χ2v) is 7.67. The normalized spacial score (nSPS) is 12.7. The Hall–Kier alpha value is -2.36. The smallest absolute Gasteiger partial charge is 0.435 e. The molecule has 154 valence electrons. The van der Waals surface area contributed by atoms with Crippen molar-refractivity contribution < 1.29 is 27.5 Å². The number of carbonyl (C=O) groups is 2. The summed E-state index contributed by atoms with van der Waals surface area (Å²) < 4.78 is 44.6. The summed E-state index contributed by atoms with van der Waals surface area (Å²) in [5.74, 6) is -1.61. The molecule has 2 rings (SSSR count). The van der Waals surface area contributed by atoms with Gasteiger partial charge in [-0.25, -0.2) is 4.79 Å². The summed E-state index contributed by atoms with van der Waals surface area (Å²) in [6.07, 6.45) is -4.54. The number of esters is 1. The molecule has 1 unspecified atom stereocenters. The van der Waals surface area contributed by atoms with E-state index in [2.05, 4.69) is 10.4 Å². The van der Waals surface area contributed by atoms with Crippen molar-refractivity contribution in [3.63, 3.8) is 0 Å². The number of thiophene rings is 1. The molecule has 0 fully saturated rings. The number of hydrogen-bond acceptors (Lipinski definition) is 5. The zero-order chi connectivity index (χ0) is 21.2. The molecule has 10 heteroatoms. The molecule has 0 bridgehead atoms. The molecule has 0 aliphatic carbocycles. The number of hydrogen-bond donors (Lipinski definition) is 1. The quantitative estimate of drug-likeness (QED) is 0.710. The first-order valence-electron chi connectivity index (χ1n) is 8.65. The fraction of sp³-hybridized carbons (Fsp3) is 0.500. The van der Waals surface area contributed by atoms with Gasteiger partial charge >= 0.3 is 12.1 Å². The number of ether oxygens (including phenoxy) is 1. The van der Waals surface area contributed by atoms with Gasteiger partial charge in [0.25, 0.3) is 0 Å². The standard InChI is InChI=1S/C18H22F3N3O3S/c1-6-27-17(26)14-11(4)12(5)28-16(14)22-15(25)9(2)8-24-10(3)7-13(23-24)18(19,20)21/h7,9H,6,8H2,1-5H3,(H,22,25). The summed E-state index contributed by atoms with van der Waals surface area (Å²) in [6.45, 7) is 8.55. The lowest BCUT2D eigenvalue weighted by molar-refractivity contribution is -0.141. The Morgan fingerprint density at radius 1 is 1.32 bits per heavy atom. The number of carbonyl (C=O) groups excluding carboxylic acids is 2. The number of nitrogens with one attached hydrogen (secondary N) is 1. The first-order valence-corrected chi connectivity index (χ1v) is 9.46. The number of aromatic nitrogens is 2. The molecule has 28 heavy (non-hydrogen) atoms. The highest BCUT2D eigenvalue weighted by molar-refractivity contribution is 7.16. The molecule has 2 heterocycles. The first kappa shape index (κ1) is 21.9. The van der Waals surface area contributed by atoms with Crippen LogP contribution in [0.15, 0.2) is 6.07 Å². The van der Waals surface area contributed by atoms with Crippen molar-refractivity contribution in [3.05, 3.63) is 33.5 Å². The van der Waals surface area contributed by atoms with Gasteiger partial charge in [-0.05, 0) is 39.3 Å². The van der Waals surface area contributed by atoms with Crippen LogP contribution >= 0.6 is 11.3 Å². The molecule has 1 amide bonds. The van der Waals surface area contributed by atoms with E-state index in [0.29, 0.717) is 16.3 Å². The minimum Gasteiger partial charge on any atom is -0.462 e. The van der Waals surface area contributed by atoms with Crippen molar-refractivity contribution in [2.45, 2.75) is 47.3 Å². The molecule has 0 spiro atoms. The minimum absolute atomic E-state index is 0.0220. The summed E-state index contributed by atoms with van der Waals surface area (Å²) >= 11 is 1.25. The largest absolute Gasteiger partial charge is 0.462 e. The van der Waals surface area contributed by atoms with Gasteiger partial charge in [0.05, 0.1) is 24.6 Å². The molecule has 0 saturated carbocycles. The van der Waals surface area contributed by atoms with Gasteiger partial charge in [-0.1, -0.05) is 6.92 Å². The minimum atomic E-state index is -4.54. The summed E-state index contributed by atoms with van der Waals surface area (Å²) in [5, 5.41) is 6.62. The number of amides is 1. The van der Waals surface area contributed by atoms with Crippen LogP contribution in [0.2, 0.25) is 0 Å². The van der Waals surface area contributed by atoms with Crippen molar-refractivity contribution in [1.29, 1.82) is 0 Å². The Morgan fingerprint density at radius 3 is 2.50 bits per heavy atom. The third-order valence-corrected chi connectivity index (χ3v) is 5.39. The Morgan fingerprint density at radius 2 is 1.96 bits per heavy atom. The average molecular weight is 417 g/mol. The molecule has 6 nitrogen and oxygen atoms in total. The maximum absolute atomic E-state index is 12.8.